The highest BCUT2D eigenvalue weighted by Crippen LogP contribution is 2.10. The van der Waals surface area contributed by atoms with Gasteiger partial charge in [0.25, 0.3) is 0 Å². The minimum absolute atomic E-state index is 0.243. The summed E-state index contributed by atoms with van der Waals surface area (Å²) in [4.78, 5) is 2.17. The lowest BCUT2D eigenvalue weighted by Gasteiger charge is -2.30. The van der Waals surface area contributed by atoms with Gasteiger partial charge in [-0.3, -0.25) is 4.90 Å². The zero-order valence-electron chi connectivity index (χ0n) is 7.12. The van der Waals surface area contributed by atoms with E-state index in [1.165, 1.54) is 6.42 Å². The summed E-state index contributed by atoms with van der Waals surface area (Å²) in [5.74, 6) is 0. The molecule has 0 amide bonds. The van der Waals surface area contributed by atoms with Crippen LogP contribution in [0.3, 0.4) is 0 Å². The lowest BCUT2D eigenvalue weighted by molar-refractivity contribution is 0.0227. The molecule has 1 rings (SSSR count). The van der Waals surface area contributed by atoms with Crippen LogP contribution >= 0.6 is 0 Å². The Morgan fingerprint density at radius 3 is 3.00 bits per heavy atom. The summed E-state index contributed by atoms with van der Waals surface area (Å²) in [5.41, 5.74) is 0. The van der Waals surface area contributed by atoms with Gasteiger partial charge >= 0.3 is 0 Å². The van der Waals surface area contributed by atoms with Gasteiger partial charge in [0.15, 0.2) is 0 Å². The Bertz CT molecular complexity index is 102. The van der Waals surface area contributed by atoms with Crippen LogP contribution in [0.4, 0.5) is 0 Å². The van der Waals surface area contributed by atoms with Gasteiger partial charge in [-0.25, -0.2) is 0 Å². The van der Waals surface area contributed by atoms with E-state index in [1.54, 1.807) is 0 Å². The maximum atomic E-state index is 8.68. The number of hydrogen-bond acceptors (Lipinski definition) is 3. The molecule has 66 valence electrons. The predicted octanol–water partition coefficient (Wildman–Crippen LogP) is 0.0895. The molecule has 1 saturated heterocycles. The lowest BCUT2D eigenvalue weighted by Crippen LogP contribution is -2.39. The van der Waals surface area contributed by atoms with Crippen LogP contribution in [-0.4, -0.2) is 49.5 Å². The third-order valence-electron chi connectivity index (χ3n) is 2.21. The number of rotatable bonds is 3. The van der Waals surface area contributed by atoms with Crippen LogP contribution < -0.4 is 0 Å². The molecule has 0 spiro atoms. The van der Waals surface area contributed by atoms with E-state index in [4.69, 9.17) is 9.84 Å². The highest BCUT2D eigenvalue weighted by atomic mass is 16.5. The first kappa shape index (κ1) is 8.97. The number of hydrogen-bond donors (Lipinski definition) is 1. The van der Waals surface area contributed by atoms with Crippen molar-refractivity contribution in [3.05, 3.63) is 0 Å². The topological polar surface area (TPSA) is 32.7 Å². The Morgan fingerprint density at radius 2 is 2.45 bits per heavy atom. The molecular weight excluding hydrogens is 142 g/mol. The molecule has 11 heavy (non-hydrogen) atoms. The molecule has 1 atom stereocenters. The average molecular weight is 159 g/mol. The number of ether oxygens (including phenoxy) is 1. The highest BCUT2D eigenvalue weighted by molar-refractivity contribution is 4.71. The molecule has 0 aromatic carbocycles. The molecule has 0 radical (unpaired) electrons. The first-order valence-corrected chi connectivity index (χ1v) is 4.23. The third kappa shape index (κ3) is 2.77. The lowest BCUT2D eigenvalue weighted by atomic mass is 10.1. The second kappa shape index (κ2) is 4.70. The van der Waals surface area contributed by atoms with Crippen LogP contribution in [0.5, 0.6) is 0 Å². The summed E-state index contributed by atoms with van der Waals surface area (Å²) in [7, 11) is 2.04. The van der Waals surface area contributed by atoms with Gasteiger partial charge in [0, 0.05) is 19.2 Å². The number of nitrogens with zero attached hydrogens (tertiary/aromatic N) is 1. The number of aliphatic hydroxyl groups is 1. The van der Waals surface area contributed by atoms with Crippen molar-refractivity contribution in [2.24, 2.45) is 0 Å². The van der Waals surface area contributed by atoms with Crippen molar-refractivity contribution < 1.29 is 9.84 Å². The minimum atomic E-state index is 0.243. The second-order valence-electron chi connectivity index (χ2n) is 3.08. The van der Waals surface area contributed by atoms with Crippen LogP contribution in [0.25, 0.3) is 0 Å². The van der Waals surface area contributed by atoms with E-state index in [1.807, 2.05) is 7.05 Å². The Hall–Kier alpha value is -0.120. The van der Waals surface area contributed by atoms with Crippen molar-refractivity contribution in [2.75, 3.05) is 33.4 Å². The van der Waals surface area contributed by atoms with Crippen molar-refractivity contribution in [1.29, 1.82) is 0 Å². The van der Waals surface area contributed by atoms with Crippen molar-refractivity contribution in [1.82, 2.24) is 4.90 Å². The molecule has 0 aromatic heterocycles. The minimum Gasteiger partial charge on any atom is -0.395 e. The molecule has 1 fully saturated rings. The fourth-order valence-corrected chi connectivity index (χ4v) is 1.41. The van der Waals surface area contributed by atoms with E-state index in [2.05, 4.69) is 4.90 Å². The summed E-state index contributed by atoms with van der Waals surface area (Å²) in [5, 5.41) is 8.68. The zero-order chi connectivity index (χ0) is 8.10. The van der Waals surface area contributed by atoms with Crippen LogP contribution in [0.15, 0.2) is 0 Å². The molecular formula is C8H17NO2. The molecule has 1 heterocycles. The monoisotopic (exact) mass is 159 g/mol. The van der Waals surface area contributed by atoms with Gasteiger partial charge in [-0.05, 0) is 19.9 Å². The Morgan fingerprint density at radius 1 is 1.64 bits per heavy atom. The summed E-state index contributed by atoms with van der Waals surface area (Å²) in [6.07, 6.45) is 2.36. The van der Waals surface area contributed by atoms with Crippen molar-refractivity contribution in [2.45, 2.75) is 18.9 Å². The average Bonchev–Trinajstić information content (AvgIpc) is 2.07. The fourth-order valence-electron chi connectivity index (χ4n) is 1.41. The zero-order valence-corrected chi connectivity index (χ0v) is 7.12. The molecule has 1 aliphatic rings. The quantitative estimate of drug-likeness (QED) is 0.633. The van der Waals surface area contributed by atoms with E-state index in [9.17, 15) is 0 Å². The molecule has 3 nitrogen and oxygen atoms in total. The van der Waals surface area contributed by atoms with Gasteiger partial charge < -0.3 is 9.84 Å². The van der Waals surface area contributed by atoms with Crippen molar-refractivity contribution in [3.63, 3.8) is 0 Å². The number of likely N-dealkylation sites (N-methyl/N-ethyl adjacent to an activating group) is 1. The standard InChI is InChI=1S/C8H17NO2/c1-9(4-5-10)8-3-2-6-11-7-8/h8,10H,2-7H2,1H3. The van der Waals surface area contributed by atoms with Crippen LogP contribution in [-0.2, 0) is 4.74 Å². The SMILES string of the molecule is CN(CCO)C1CCCOC1. The Kier molecular flexibility index (Phi) is 3.83. The Balaban J connectivity index is 2.21. The smallest absolute Gasteiger partial charge is 0.0621 e. The van der Waals surface area contributed by atoms with Gasteiger partial charge in [0.2, 0.25) is 0 Å². The molecule has 1 N–H and O–H groups in total. The van der Waals surface area contributed by atoms with Gasteiger partial charge in [-0.1, -0.05) is 0 Å². The molecule has 0 aromatic rings. The van der Waals surface area contributed by atoms with Crippen molar-refractivity contribution in [3.8, 4) is 0 Å². The number of aliphatic hydroxyl groups excluding tert-OH is 1. The van der Waals surface area contributed by atoms with Crippen LogP contribution in [0, 0.1) is 0 Å². The Labute approximate surface area is 68.0 Å². The normalized spacial score (nSPS) is 25.9. The first-order chi connectivity index (χ1) is 5.34. The predicted molar refractivity (Wildman–Crippen MR) is 43.6 cm³/mol. The first-order valence-electron chi connectivity index (χ1n) is 4.23. The van der Waals surface area contributed by atoms with Crippen LogP contribution in [0.1, 0.15) is 12.8 Å². The van der Waals surface area contributed by atoms with Gasteiger partial charge in [-0.15, -0.1) is 0 Å². The van der Waals surface area contributed by atoms with Crippen molar-refractivity contribution >= 4 is 0 Å². The van der Waals surface area contributed by atoms with E-state index in [0.717, 1.165) is 26.2 Å². The van der Waals surface area contributed by atoms with E-state index in [0.29, 0.717) is 6.04 Å². The summed E-state index contributed by atoms with van der Waals surface area (Å²) in [6.45, 7) is 2.74. The summed E-state index contributed by atoms with van der Waals surface area (Å²) >= 11 is 0. The van der Waals surface area contributed by atoms with Crippen LogP contribution in [0.2, 0.25) is 0 Å². The summed E-state index contributed by atoms with van der Waals surface area (Å²) in [6, 6.07) is 0.524. The fraction of sp³-hybridized carbons (Fsp3) is 1.00. The molecule has 3 heteroatoms. The highest BCUT2D eigenvalue weighted by Gasteiger charge is 2.17. The van der Waals surface area contributed by atoms with Gasteiger partial charge in [-0.2, -0.15) is 0 Å². The molecule has 1 aliphatic heterocycles. The second-order valence-corrected chi connectivity index (χ2v) is 3.08. The molecule has 0 aliphatic carbocycles. The van der Waals surface area contributed by atoms with E-state index < -0.39 is 0 Å². The largest absolute Gasteiger partial charge is 0.395 e. The maximum absolute atomic E-state index is 8.68. The van der Waals surface area contributed by atoms with E-state index in [-0.39, 0.29) is 6.61 Å². The molecule has 1 unspecified atom stereocenters. The third-order valence-corrected chi connectivity index (χ3v) is 2.21. The van der Waals surface area contributed by atoms with Gasteiger partial charge in [0.1, 0.15) is 0 Å². The molecule has 0 saturated carbocycles. The van der Waals surface area contributed by atoms with E-state index >= 15 is 0 Å². The molecule has 0 bridgehead atoms. The van der Waals surface area contributed by atoms with Gasteiger partial charge in [0.05, 0.1) is 13.2 Å². The summed E-state index contributed by atoms with van der Waals surface area (Å²) < 4.78 is 5.33. The maximum Gasteiger partial charge on any atom is 0.0621 e.